The fraction of sp³-hybridized carbons (Fsp3) is 0.778. The van der Waals surface area contributed by atoms with Crippen molar-refractivity contribution >= 4 is 0 Å². The lowest BCUT2D eigenvalue weighted by molar-refractivity contribution is 0.00550. The lowest BCUT2D eigenvalue weighted by Crippen LogP contribution is -2.41. The van der Waals surface area contributed by atoms with E-state index in [0.29, 0.717) is 30.6 Å². The number of rotatable bonds is 7. The number of allylic oxidation sites excluding steroid dienone is 3. The molecule has 4 heteroatoms. The van der Waals surface area contributed by atoms with Crippen LogP contribution in [0, 0.1) is 23.2 Å². The summed E-state index contributed by atoms with van der Waals surface area (Å²) in [5, 5.41) is 40.8. The Labute approximate surface area is 188 Å². The van der Waals surface area contributed by atoms with Crippen LogP contribution >= 0.6 is 0 Å². The van der Waals surface area contributed by atoms with E-state index in [0.717, 1.165) is 62.5 Å². The zero-order chi connectivity index (χ0) is 22.8. The molecule has 0 spiro atoms. The van der Waals surface area contributed by atoms with Gasteiger partial charge in [0, 0.05) is 18.4 Å². The van der Waals surface area contributed by atoms with Crippen LogP contribution in [0.2, 0.25) is 0 Å². The maximum Gasteiger partial charge on any atom is 0.0811 e. The van der Waals surface area contributed by atoms with Gasteiger partial charge in [-0.05, 0) is 87.7 Å². The molecule has 3 aliphatic carbocycles. The minimum absolute atomic E-state index is 0.0284. The summed E-state index contributed by atoms with van der Waals surface area (Å²) in [5.41, 5.74) is 2.47. The van der Waals surface area contributed by atoms with E-state index in [1.165, 1.54) is 5.57 Å². The summed E-state index contributed by atoms with van der Waals surface area (Å²) in [6.07, 6.45) is 12.5. The molecule has 0 aliphatic heterocycles. The first-order chi connectivity index (χ1) is 14.6. The second-order valence-electron chi connectivity index (χ2n) is 11.2. The fourth-order valence-corrected chi connectivity index (χ4v) is 6.77. The lowest BCUT2D eigenvalue weighted by atomic mass is 9.60. The molecule has 1 unspecified atom stereocenters. The van der Waals surface area contributed by atoms with E-state index in [2.05, 4.69) is 25.7 Å². The van der Waals surface area contributed by atoms with E-state index in [4.69, 9.17) is 0 Å². The van der Waals surface area contributed by atoms with Gasteiger partial charge >= 0.3 is 0 Å². The molecule has 0 aromatic carbocycles. The van der Waals surface area contributed by atoms with Crippen molar-refractivity contribution in [3.63, 3.8) is 0 Å². The van der Waals surface area contributed by atoms with E-state index in [1.54, 1.807) is 0 Å². The predicted octanol–water partition coefficient (Wildman–Crippen LogP) is 4.68. The van der Waals surface area contributed by atoms with E-state index in [1.807, 2.05) is 13.8 Å². The number of aliphatic hydroxyl groups excluding tert-OH is 3. The molecule has 3 aliphatic rings. The largest absolute Gasteiger partial charge is 0.396 e. The molecule has 0 radical (unpaired) electrons. The highest BCUT2D eigenvalue weighted by Crippen LogP contribution is 2.60. The summed E-state index contributed by atoms with van der Waals surface area (Å²) in [5.74, 6) is 1.48. The summed E-state index contributed by atoms with van der Waals surface area (Å²) < 4.78 is 0. The van der Waals surface area contributed by atoms with E-state index >= 15 is 0 Å². The molecule has 4 N–H and O–H groups in total. The van der Waals surface area contributed by atoms with Crippen LogP contribution in [0.4, 0.5) is 0 Å². The molecule has 3 fully saturated rings. The second kappa shape index (κ2) is 9.91. The molecule has 4 nitrogen and oxygen atoms in total. The molecule has 31 heavy (non-hydrogen) atoms. The van der Waals surface area contributed by atoms with Crippen LogP contribution < -0.4 is 0 Å². The van der Waals surface area contributed by atoms with Gasteiger partial charge in [-0.3, -0.25) is 0 Å². The average molecular weight is 433 g/mol. The summed E-state index contributed by atoms with van der Waals surface area (Å²) in [6, 6.07) is 0. The molecule has 3 saturated carbocycles. The zero-order valence-corrected chi connectivity index (χ0v) is 19.8. The Bertz CT molecular complexity index is 701. The average Bonchev–Trinajstić information content (AvgIpc) is 3.09. The first kappa shape index (κ1) is 24.7. The van der Waals surface area contributed by atoms with Gasteiger partial charge in [-0.25, -0.2) is 0 Å². The smallest absolute Gasteiger partial charge is 0.0811 e. The quantitative estimate of drug-likeness (QED) is 0.471. The van der Waals surface area contributed by atoms with Gasteiger partial charge in [0.25, 0.3) is 0 Å². The van der Waals surface area contributed by atoms with Gasteiger partial charge in [0.2, 0.25) is 0 Å². The lowest BCUT2D eigenvalue weighted by Gasteiger charge is -2.46. The van der Waals surface area contributed by atoms with Crippen LogP contribution in [-0.4, -0.2) is 44.8 Å². The molecule has 6 atom stereocenters. The maximum atomic E-state index is 10.6. The normalized spacial score (nSPS) is 38.0. The monoisotopic (exact) mass is 432 g/mol. The third-order valence-corrected chi connectivity index (χ3v) is 8.45. The molecule has 176 valence electrons. The first-order valence-electron chi connectivity index (χ1n) is 12.4. The first-order valence-corrected chi connectivity index (χ1v) is 12.4. The second-order valence-corrected chi connectivity index (χ2v) is 11.2. The Morgan fingerprint density at radius 3 is 2.65 bits per heavy atom. The third-order valence-electron chi connectivity index (χ3n) is 8.45. The number of hydrogen-bond acceptors (Lipinski definition) is 4. The van der Waals surface area contributed by atoms with Crippen LogP contribution in [0.3, 0.4) is 0 Å². The third kappa shape index (κ3) is 5.52. The van der Waals surface area contributed by atoms with Crippen molar-refractivity contribution in [2.45, 2.75) is 103 Å². The van der Waals surface area contributed by atoms with Gasteiger partial charge in [0.1, 0.15) is 0 Å². The molecular formula is C27H44O4. The van der Waals surface area contributed by atoms with Gasteiger partial charge in [-0.1, -0.05) is 44.1 Å². The van der Waals surface area contributed by atoms with Gasteiger partial charge in [-0.2, -0.15) is 0 Å². The van der Waals surface area contributed by atoms with Gasteiger partial charge in [0.05, 0.1) is 17.8 Å². The number of hydrogen-bond donors (Lipinski definition) is 4. The Hall–Kier alpha value is -0.940. The molecule has 0 bridgehead atoms. The molecule has 0 aromatic heterocycles. The fourth-order valence-electron chi connectivity index (χ4n) is 6.77. The molecule has 0 amide bonds. The van der Waals surface area contributed by atoms with Crippen LogP contribution in [0.25, 0.3) is 0 Å². The minimum atomic E-state index is -0.656. The standard InChI is InChI=1S/C27H44O4/c1-18(7-5-13-26(3,4)31)23-11-12-24-20(8-6-14-27(23,24)17-28)9-10-21-15-22(29)16-25(30)19(21)2/h9-10,18,22-25,28-31H,2,5-8,11-17H2,1,3-4H3/b20-9?,21-10-/t18-,22-,23-,24?,25-,27+/m1/s1. The van der Waals surface area contributed by atoms with Crippen molar-refractivity contribution < 1.29 is 20.4 Å². The van der Waals surface area contributed by atoms with Gasteiger partial charge < -0.3 is 20.4 Å². The van der Waals surface area contributed by atoms with Gasteiger partial charge in [-0.15, -0.1) is 0 Å². The SMILES string of the molecule is C=C1/C(=C\C=C2CCC[C@@]3(CO)C2CC[C@@H]3[C@H](C)CCCC(C)(C)O)C[C@@H](O)C[C@H]1O. The molecule has 0 aromatic rings. The van der Waals surface area contributed by atoms with Crippen molar-refractivity contribution in [2.24, 2.45) is 23.2 Å². The molecule has 0 heterocycles. The topological polar surface area (TPSA) is 80.9 Å². The summed E-state index contributed by atoms with van der Waals surface area (Å²) in [4.78, 5) is 0. The molecule has 3 rings (SSSR count). The number of aliphatic hydroxyl groups is 4. The highest BCUT2D eigenvalue weighted by atomic mass is 16.3. The molecule has 0 saturated heterocycles. The summed E-state index contributed by atoms with van der Waals surface area (Å²) in [7, 11) is 0. The van der Waals surface area contributed by atoms with Crippen LogP contribution in [0.5, 0.6) is 0 Å². The molecular weight excluding hydrogens is 388 g/mol. The highest BCUT2D eigenvalue weighted by molar-refractivity contribution is 5.38. The van der Waals surface area contributed by atoms with Crippen LogP contribution in [0.15, 0.2) is 35.5 Å². The highest BCUT2D eigenvalue weighted by Gasteiger charge is 2.53. The van der Waals surface area contributed by atoms with Crippen molar-refractivity contribution in [3.05, 3.63) is 35.5 Å². The van der Waals surface area contributed by atoms with Crippen LogP contribution in [-0.2, 0) is 0 Å². The Balaban J connectivity index is 1.75. The zero-order valence-electron chi connectivity index (χ0n) is 19.8. The van der Waals surface area contributed by atoms with Crippen LogP contribution in [0.1, 0.15) is 85.0 Å². The predicted molar refractivity (Wildman–Crippen MR) is 125 cm³/mol. The summed E-state index contributed by atoms with van der Waals surface area (Å²) in [6.45, 7) is 10.4. The van der Waals surface area contributed by atoms with E-state index < -0.39 is 17.8 Å². The van der Waals surface area contributed by atoms with Crippen molar-refractivity contribution in [2.75, 3.05) is 6.61 Å². The minimum Gasteiger partial charge on any atom is -0.396 e. The van der Waals surface area contributed by atoms with Crippen molar-refractivity contribution in [1.29, 1.82) is 0 Å². The maximum absolute atomic E-state index is 10.6. The number of fused-ring (bicyclic) bond motifs is 1. The van der Waals surface area contributed by atoms with E-state index in [-0.39, 0.29) is 12.0 Å². The van der Waals surface area contributed by atoms with Gasteiger partial charge in [0.15, 0.2) is 0 Å². The Kier molecular flexibility index (Phi) is 7.89. The van der Waals surface area contributed by atoms with Crippen molar-refractivity contribution in [1.82, 2.24) is 0 Å². The Morgan fingerprint density at radius 2 is 1.97 bits per heavy atom. The van der Waals surface area contributed by atoms with E-state index in [9.17, 15) is 20.4 Å². The Morgan fingerprint density at radius 1 is 1.23 bits per heavy atom. The van der Waals surface area contributed by atoms with Crippen molar-refractivity contribution in [3.8, 4) is 0 Å². The summed E-state index contributed by atoms with van der Waals surface area (Å²) >= 11 is 0.